The summed E-state index contributed by atoms with van der Waals surface area (Å²) in [5.41, 5.74) is 7.80. The fourth-order valence-electron chi connectivity index (χ4n) is 2.37. The number of hydrogen-bond acceptors (Lipinski definition) is 3. The molecule has 0 radical (unpaired) electrons. The van der Waals surface area contributed by atoms with Crippen LogP contribution in [0.2, 0.25) is 0 Å². The van der Waals surface area contributed by atoms with Crippen LogP contribution in [-0.2, 0) is 6.42 Å². The first-order chi connectivity index (χ1) is 8.95. The number of benzene rings is 1. The van der Waals surface area contributed by atoms with E-state index in [0.29, 0.717) is 18.7 Å². The van der Waals surface area contributed by atoms with Gasteiger partial charge in [-0.05, 0) is 45.7 Å². The Morgan fingerprint density at radius 3 is 2.25 bits per heavy atom. The van der Waals surface area contributed by atoms with Crippen LogP contribution in [0, 0.1) is 0 Å². The summed E-state index contributed by atoms with van der Waals surface area (Å²) in [6.45, 7) is 12.7. The van der Waals surface area contributed by atoms with Gasteiger partial charge in [0.25, 0.3) is 0 Å². The second kappa shape index (κ2) is 9.09. The van der Waals surface area contributed by atoms with E-state index in [1.807, 2.05) is 18.2 Å². The monoisotopic (exact) mass is 300 g/mol. The van der Waals surface area contributed by atoms with Crippen LogP contribution in [0.25, 0.3) is 0 Å². The molecule has 0 spiro atoms. The van der Waals surface area contributed by atoms with Crippen LogP contribution >= 0.6 is 12.4 Å². The summed E-state index contributed by atoms with van der Waals surface area (Å²) in [5, 5.41) is 0. The highest BCUT2D eigenvalue weighted by Gasteiger charge is 2.13. The summed E-state index contributed by atoms with van der Waals surface area (Å²) in [6.07, 6.45) is 0.966. The van der Waals surface area contributed by atoms with Crippen molar-refractivity contribution in [2.75, 3.05) is 18.9 Å². The number of nitrogens with zero attached hydrogens (tertiary/aromatic N) is 1. The molecule has 1 aromatic carbocycles. The fraction of sp³-hybridized carbons (Fsp3) is 0.625. The van der Waals surface area contributed by atoms with Crippen LogP contribution in [-0.4, -0.2) is 30.1 Å². The van der Waals surface area contributed by atoms with Crippen LogP contribution in [0.3, 0.4) is 0 Å². The molecule has 3 nitrogen and oxygen atoms in total. The Morgan fingerprint density at radius 2 is 1.75 bits per heavy atom. The zero-order valence-electron chi connectivity index (χ0n) is 13.3. The molecule has 0 amide bonds. The Kier molecular flexibility index (Phi) is 8.67. The lowest BCUT2D eigenvalue weighted by atomic mass is 10.1. The van der Waals surface area contributed by atoms with Gasteiger partial charge in [-0.15, -0.1) is 12.4 Å². The molecule has 0 atom stereocenters. The lowest BCUT2D eigenvalue weighted by molar-refractivity contribution is 0.141. The predicted molar refractivity (Wildman–Crippen MR) is 90.0 cm³/mol. The Labute approximate surface area is 129 Å². The van der Waals surface area contributed by atoms with Gasteiger partial charge in [-0.25, -0.2) is 0 Å². The molecule has 1 aromatic rings. The van der Waals surface area contributed by atoms with E-state index in [2.05, 4.69) is 39.5 Å². The third-order valence-electron chi connectivity index (χ3n) is 3.41. The molecular formula is C16H29ClN2O. The van der Waals surface area contributed by atoms with Crippen molar-refractivity contribution in [1.82, 2.24) is 4.90 Å². The third-order valence-corrected chi connectivity index (χ3v) is 3.41. The van der Waals surface area contributed by atoms with E-state index in [1.54, 1.807) is 0 Å². The van der Waals surface area contributed by atoms with Crippen LogP contribution in [0.15, 0.2) is 18.2 Å². The number of anilines is 1. The van der Waals surface area contributed by atoms with Crippen LogP contribution in [0.1, 0.15) is 40.2 Å². The summed E-state index contributed by atoms with van der Waals surface area (Å²) in [4.78, 5) is 2.43. The van der Waals surface area contributed by atoms with Gasteiger partial charge in [0.15, 0.2) is 0 Å². The molecule has 4 heteroatoms. The standard InChI is InChI=1S/C16H28N2O.ClH/c1-6-14-7-8-15(17)11-16(14)19-10-9-18(12(2)3)13(4)5;/h7-8,11-13H,6,9-10,17H2,1-5H3;1H. The number of hydrogen-bond donors (Lipinski definition) is 1. The molecule has 20 heavy (non-hydrogen) atoms. The Hall–Kier alpha value is -0.930. The molecule has 0 fully saturated rings. The van der Waals surface area contributed by atoms with E-state index in [-0.39, 0.29) is 12.4 Å². The maximum absolute atomic E-state index is 5.92. The van der Waals surface area contributed by atoms with Gasteiger partial charge in [0, 0.05) is 30.4 Å². The number of nitrogens with two attached hydrogens (primary N) is 1. The van der Waals surface area contributed by atoms with E-state index in [4.69, 9.17) is 10.5 Å². The van der Waals surface area contributed by atoms with Crippen molar-refractivity contribution in [1.29, 1.82) is 0 Å². The Bertz CT molecular complexity index is 386. The molecular weight excluding hydrogens is 272 g/mol. The number of halogens is 1. The highest BCUT2D eigenvalue weighted by atomic mass is 35.5. The first-order valence-corrected chi connectivity index (χ1v) is 7.22. The number of ether oxygens (including phenoxy) is 1. The van der Waals surface area contributed by atoms with Gasteiger partial charge in [-0.2, -0.15) is 0 Å². The van der Waals surface area contributed by atoms with Crippen LogP contribution < -0.4 is 10.5 Å². The largest absolute Gasteiger partial charge is 0.492 e. The Balaban J connectivity index is 0.00000361. The van der Waals surface area contributed by atoms with Crippen molar-refractivity contribution in [2.24, 2.45) is 0 Å². The molecule has 1 rings (SSSR count). The highest BCUT2D eigenvalue weighted by Crippen LogP contribution is 2.22. The van der Waals surface area contributed by atoms with Gasteiger partial charge in [0.05, 0.1) is 0 Å². The molecule has 0 aliphatic rings. The first kappa shape index (κ1) is 19.1. The lowest BCUT2D eigenvalue weighted by Gasteiger charge is -2.30. The molecule has 0 aromatic heterocycles. The van der Waals surface area contributed by atoms with Crippen molar-refractivity contribution in [3.05, 3.63) is 23.8 Å². The smallest absolute Gasteiger partial charge is 0.124 e. The number of aryl methyl sites for hydroxylation is 1. The minimum atomic E-state index is 0. The average Bonchev–Trinajstić information content (AvgIpc) is 2.33. The maximum atomic E-state index is 5.92. The van der Waals surface area contributed by atoms with Crippen LogP contribution in [0.4, 0.5) is 5.69 Å². The summed E-state index contributed by atoms with van der Waals surface area (Å²) >= 11 is 0. The maximum Gasteiger partial charge on any atom is 0.124 e. The number of rotatable bonds is 7. The minimum absolute atomic E-state index is 0. The number of nitrogen functional groups attached to an aromatic ring is 1. The second-order valence-corrected chi connectivity index (χ2v) is 5.49. The zero-order chi connectivity index (χ0) is 14.4. The molecule has 116 valence electrons. The Morgan fingerprint density at radius 1 is 1.15 bits per heavy atom. The van der Waals surface area contributed by atoms with Gasteiger partial charge in [0.1, 0.15) is 12.4 Å². The van der Waals surface area contributed by atoms with E-state index >= 15 is 0 Å². The SMILES string of the molecule is CCc1ccc(N)cc1OCCN(C(C)C)C(C)C.Cl. The summed E-state index contributed by atoms with van der Waals surface area (Å²) in [6, 6.07) is 6.98. The molecule has 2 N–H and O–H groups in total. The van der Waals surface area contributed by atoms with E-state index in [1.165, 1.54) is 5.56 Å². The fourth-order valence-corrected chi connectivity index (χ4v) is 2.37. The van der Waals surface area contributed by atoms with Crippen molar-refractivity contribution < 1.29 is 4.74 Å². The van der Waals surface area contributed by atoms with E-state index < -0.39 is 0 Å². The van der Waals surface area contributed by atoms with Gasteiger partial charge in [-0.1, -0.05) is 13.0 Å². The van der Waals surface area contributed by atoms with Gasteiger partial charge in [-0.3, -0.25) is 4.90 Å². The van der Waals surface area contributed by atoms with Crippen molar-refractivity contribution in [3.8, 4) is 5.75 Å². The van der Waals surface area contributed by atoms with E-state index in [0.717, 1.165) is 24.4 Å². The molecule has 0 saturated heterocycles. The first-order valence-electron chi connectivity index (χ1n) is 7.22. The molecule has 0 aliphatic heterocycles. The molecule has 0 heterocycles. The van der Waals surface area contributed by atoms with Gasteiger partial charge in [0.2, 0.25) is 0 Å². The predicted octanol–water partition coefficient (Wildman–Crippen LogP) is 3.75. The van der Waals surface area contributed by atoms with Crippen molar-refractivity contribution >= 4 is 18.1 Å². The van der Waals surface area contributed by atoms with E-state index in [9.17, 15) is 0 Å². The molecule has 0 bridgehead atoms. The average molecular weight is 301 g/mol. The van der Waals surface area contributed by atoms with Gasteiger partial charge < -0.3 is 10.5 Å². The summed E-state index contributed by atoms with van der Waals surface area (Å²) in [5.74, 6) is 0.926. The van der Waals surface area contributed by atoms with Gasteiger partial charge >= 0.3 is 0 Å². The highest BCUT2D eigenvalue weighted by molar-refractivity contribution is 5.85. The quantitative estimate of drug-likeness (QED) is 0.779. The second-order valence-electron chi connectivity index (χ2n) is 5.49. The van der Waals surface area contributed by atoms with Crippen LogP contribution in [0.5, 0.6) is 5.75 Å². The zero-order valence-corrected chi connectivity index (χ0v) is 14.2. The van der Waals surface area contributed by atoms with Crippen molar-refractivity contribution in [2.45, 2.75) is 53.1 Å². The minimum Gasteiger partial charge on any atom is -0.492 e. The lowest BCUT2D eigenvalue weighted by Crippen LogP contribution is -2.39. The third kappa shape index (κ3) is 5.59. The summed E-state index contributed by atoms with van der Waals surface area (Å²) < 4.78 is 5.92. The normalized spacial score (nSPS) is 11.0. The van der Waals surface area contributed by atoms with Crippen molar-refractivity contribution in [3.63, 3.8) is 0 Å². The molecule has 0 aliphatic carbocycles. The topological polar surface area (TPSA) is 38.5 Å². The molecule has 0 unspecified atom stereocenters. The molecule has 0 saturated carbocycles. The summed E-state index contributed by atoms with van der Waals surface area (Å²) in [7, 11) is 0.